The van der Waals surface area contributed by atoms with Gasteiger partial charge in [0.05, 0.1) is 28.4 Å². The quantitative estimate of drug-likeness (QED) is 0.164. The molecule has 4 aliphatic heterocycles. The predicted octanol–water partition coefficient (Wildman–Crippen LogP) is 4.97. The van der Waals surface area contributed by atoms with Gasteiger partial charge in [-0.05, 0) is 62.6 Å². The third-order valence-corrected chi connectivity index (χ3v) is 12.1. The van der Waals surface area contributed by atoms with Gasteiger partial charge in [0.25, 0.3) is 11.8 Å². The van der Waals surface area contributed by atoms with E-state index < -0.39 is 41.6 Å². The van der Waals surface area contributed by atoms with Crippen LogP contribution in [0.3, 0.4) is 0 Å². The number of nitrogens with zero attached hydrogens (tertiary/aromatic N) is 7. The van der Waals surface area contributed by atoms with Crippen molar-refractivity contribution < 1.29 is 28.3 Å². The van der Waals surface area contributed by atoms with Gasteiger partial charge < -0.3 is 20.3 Å². The number of likely N-dealkylation sites (tertiary alicyclic amines) is 1. The summed E-state index contributed by atoms with van der Waals surface area (Å²) in [6.07, 6.45) is 6.97. The molecule has 0 saturated carbocycles. The molecule has 0 radical (unpaired) electrons. The fourth-order valence-corrected chi connectivity index (χ4v) is 8.81. The van der Waals surface area contributed by atoms with Crippen LogP contribution in [0.5, 0.6) is 5.75 Å². The molecule has 0 aliphatic carbocycles. The summed E-state index contributed by atoms with van der Waals surface area (Å²) in [5, 5.41) is 7.12. The number of carbonyl (C=O) groups excluding carboxylic acids is 4. The first-order valence-corrected chi connectivity index (χ1v) is 19.9. The van der Waals surface area contributed by atoms with Gasteiger partial charge in [0.15, 0.2) is 11.6 Å². The van der Waals surface area contributed by atoms with Crippen LogP contribution in [0.4, 0.5) is 15.9 Å². The first-order chi connectivity index (χ1) is 27.4. The van der Waals surface area contributed by atoms with Gasteiger partial charge in [-0.1, -0.05) is 23.2 Å². The highest BCUT2D eigenvalue weighted by atomic mass is 35.5. The molecule has 14 nitrogen and oxygen atoms in total. The fraction of sp³-hybridized carbons (Fsp3) is 0.400. The number of carbonyl (C=O) groups is 4. The number of nitrogens with two attached hydrogens (primary N) is 1. The van der Waals surface area contributed by atoms with E-state index in [-0.39, 0.29) is 35.3 Å². The number of hydrogen-bond donors (Lipinski definition) is 2. The molecule has 6 heterocycles. The molecule has 57 heavy (non-hydrogen) atoms. The Morgan fingerprint density at radius 1 is 0.895 bits per heavy atom. The minimum atomic E-state index is -0.979. The molecule has 3 fully saturated rings. The third-order valence-electron chi connectivity index (χ3n) is 11.4. The summed E-state index contributed by atoms with van der Waals surface area (Å²) < 4.78 is 22.3. The van der Waals surface area contributed by atoms with Gasteiger partial charge in [0.2, 0.25) is 11.8 Å². The van der Waals surface area contributed by atoms with Crippen molar-refractivity contribution in [1.82, 2.24) is 34.8 Å². The minimum absolute atomic E-state index is 0.0866. The smallest absolute Gasteiger partial charge is 0.262 e. The summed E-state index contributed by atoms with van der Waals surface area (Å²) in [4.78, 5) is 62.9. The second kappa shape index (κ2) is 16.0. The number of fused-ring (bicyclic) bond motifs is 1. The fourth-order valence-electron chi connectivity index (χ4n) is 8.13. The summed E-state index contributed by atoms with van der Waals surface area (Å²) in [5.41, 5.74) is 9.59. The molecule has 4 aromatic rings. The van der Waals surface area contributed by atoms with Crippen molar-refractivity contribution in [2.45, 2.75) is 50.8 Å². The van der Waals surface area contributed by atoms with E-state index in [4.69, 9.17) is 33.7 Å². The Kier molecular flexibility index (Phi) is 10.9. The second-order valence-electron chi connectivity index (χ2n) is 14.9. The number of halogens is 3. The Balaban J connectivity index is 0.803. The molecule has 2 aromatic carbocycles. The number of nitrogens with one attached hydrogen (secondary N) is 1. The predicted molar refractivity (Wildman–Crippen MR) is 212 cm³/mol. The van der Waals surface area contributed by atoms with Crippen molar-refractivity contribution >= 4 is 58.3 Å². The molecule has 2 atom stereocenters. The second-order valence-corrected chi connectivity index (χ2v) is 15.7. The maximum Gasteiger partial charge on any atom is 0.262 e. The van der Waals surface area contributed by atoms with Crippen LogP contribution < -0.4 is 20.7 Å². The first-order valence-electron chi connectivity index (χ1n) is 19.1. The van der Waals surface area contributed by atoms with Crippen molar-refractivity contribution in [2.75, 3.05) is 63.0 Å². The van der Waals surface area contributed by atoms with Crippen LogP contribution in [0.1, 0.15) is 71.0 Å². The van der Waals surface area contributed by atoms with Crippen molar-refractivity contribution in [1.29, 1.82) is 0 Å². The number of aromatic nitrogens is 3. The zero-order valence-corrected chi connectivity index (χ0v) is 32.8. The first kappa shape index (κ1) is 38.8. The number of pyridine rings is 1. The number of nitrogen functional groups attached to an aromatic ring is 1. The van der Waals surface area contributed by atoms with Gasteiger partial charge in [-0.15, -0.1) is 0 Å². The van der Waals surface area contributed by atoms with Gasteiger partial charge in [0.1, 0.15) is 18.0 Å². The highest BCUT2D eigenvalue weighted by Gasteiger charge is 2.45. The average molecular weight is 819 g/mol. The van der Waals surface area contributed by atoms with Gasteiger partial charge in [-0.3, -0.25) is 39.0 Å². The molecule has 1 unspecified atom stereocenters. The van der Waals surface area contributed by atoms with Crippen LogP contribution in [0.2, 0.25) is 10.0 Å². The van der Waals surface area contributed by atoms with Crippen molar-refractivity contribution in [3.8, 4) is 16.9 Å². The topological polar surface area (TPSA) is 159 Å². The molecule has 2 aromatic heterocycles. The molecular weight excluding hydrogens is 776 g/mol. The summed E-state index contributed by atoms with van der Waals surface area (Å²) in [6, 6.07) is 9.02. The molecule has 17 heteroatoms. The summed E-state index contributed by atoms with van der Waals surface area (Å²) in [5.74, 6) is -2.07. The number of piperazine rings is 1. The van der Waals surface area contributed by atoms with Crippen LogP contribution in [0, 0.1) is 5.82 Å². The van der Waals surface area contributed by atoms with E-state index in [0.29, 0.717) is 21.9 Å². The van der Waals surface area contributed by atoms with E-state index in [2.05, 4.69) is 30.1 Å². The molecule has 3 saturated heterocycles. The average Bonchev–Trinajstić information content (AvgIpc) is 3.79. The number of benzene rings is 2. The molecule has 8 rings (SSSR count). The molecule has 4 amide bonds. The van der Waals surface area contributed by atoms with Crippen LogP contribution in [0.15, 0.2) is 55.0 Å². The van der Waals surface area contributed by atoms with Crippen molar-refractivity contribution in [3.05, 3.63) is 87.5 Å². The maximum atomic E-state index is 14.2. The van der Waals surface area contributed by atoms with E-state index in [1.807, 2.05) is 23.1 Å². The van der Waals surface area contributed by atoms with E-state index in [9.17, 15) is 23.6 Å². The van der Waals surface area contributed by atoms with Gasteiger partial charge in [0, 0.05) is 98.6 Å². The summed E-state index contributed by atoms with van der Waals surface area (Å²) in [7, 11) is 0. The number of imide groups is 2. The van der Waals surface area contributed by atoms with Crippen LogP contribution in [-0.2, 0) is 9.59 Å². The number of hydrogen-bond acceptors (Lipinski definition) is 11. The van der Waals surface area contributed by atoms with E-state index in [1.54, 1.807) is 31.3 Å². The SMILES string of the molecule is C[C@@H](Oc1cc(-c2cnn(C3CCN(CCN4CCN(c5ccc6c(c5)C(=O)N(C5CCC(=O)NC5=O)C6=O)CC4)CC3)c2)cnc1N)c1c(Cl)ccc(F)c1Cl. The molecule has 298 valence electrons. The summed E-state index contributed by atoms with van der Waals surface area (Å²) >= 11 is 12.5. The molecule has 4 aliphatic rings. The molecule has 0 bridgehead atoms. The Labute approximate surface area is 338 Å². The lowest BCUT2D eigenvalue weighted by Crippen LogP contribution is -2.54. The standard InChI is InChI=1S/C40H42Cl2FN9O5/c1-23(35-30(41)4-5-31(43)36(35)42)57-33-18-24(20-45-37(33)44)25-21-46-51(22-25)26-8-10-48(11-9-26)12-13-49-14-16-50(17-15-49)27-2-3-28-29(19-27)40(56)52(39(28)55)32-6-7-34(53)47-38(32)54/h2-5,18-23,26,32H,6-17H2,1H3,(H2,44,45)(H,47,53,54)/t23-,32?/m1/s1. The molecular formula is C40H42Cl2FN9O5. The normalized spacial score (nSPS) is 20.2. The number of rotatable bonds is 10. The Hall–Kier alpha value is -5.09. The Morgan fingerprint density at radius 3 is 2.35 bits per heavy atom. The number of piperidine rings is 2. The zero-order valence-electron chi connectivity index (χ0n) is 31.3. The van der Waals surface area contributed by atoms with Crippen LogP contribution in [-0.4, -0.2) is 111 Å². The Bertz CT molecular complexity index is 2240. The van der Waals surface area contributed by atoms with Crippen LogP contribution >= 0.6 is 23.2 Å². The lowest BCUT2D eigenvalue weighted by atomic mass is 10.0. The van der Waals surface area contributed by atoms with E-state index in [0.717, 1.165) is 86.9 Å². The van der Waals surface area contributed by atoms with Gasteiger partial charge in [-0.2, -0.15) is 5.10 Å². The van der Waals surface area contributed by atoms with E-state index >= 15 is 0 Å². The highest BCUT2D eigenvalue weighted by molar-refractivity contribution is 6.36. The maximum absolute atomic E-state index is 14.2. The lowest BCUT2D eigenvalue weighted by Gasteiger charge is -2.38. The van der Waals surface area contributed by atoms with E-state index in [1.165, 1.54) is 12.1 Å². The molecule has 3 N–H and O–H groups in total. The monoisotopic (exact) mass is 817 g/mol. The number of ether oxygens (including phenoxy) is 1. The highest BCUT2D eigenvalue weighted by Crippen LogP contribution is 2.37. The number of anilines is 2. The third kappa shape index (κ3) is 7.81. The largest absolute Gasteiger partial charge is 0.482 e. The minimum Gasteiger partial charge on any atom is -0.482 e. The molecule has 0 spiro atoms. The summed E-state index contributed by atoms with van der Waals surface area (Å²) in [6.45, 7) is 8.87. The Morgan fingerprint density at radius 2 is 1.61 bits per heavy atom. The van der Waals surface area contributed by atoms with Gasteiger partial charge >= 0.3 is 0 Å². The van der Waals surface area contributed by atoms with Crippen molar-refractivity contribution in [2.24, 2.45) is 0 Å². The van der Waals surface area contributed by atoms with Crippen molar-refractivity contribution in [3.63, 3.8) is 0 Å². The lowest BCUT2D eigenvalue weighted by molar-refractivity contribution is -0.136. The van der Waals surface area contributed by atoms with Crippen LogP contribution in [0.25, 0.3) is 11.1 Å². The number of amides is 4. The van der Waals surface area contributed by atoms with Gasteiger partial charge in [-0.25, -0.2) is 9.37 Å². The zero-order chi connectivity index (χ0) is 40.0.